The van der Waals surface area contributed by atoms with Crippen molar-refractivity contribution in [1.29, 1.82) is 0 Å². The highest BCUT2D eigenvalue weighted by Crippen LogP contribution is 2.26. The average Bonchev–Trinajstić information content (AvgIpc) is 2.70. The maximum absolute atomic E-state index is 12.8. The topological polar surface area (TPSA) is 38.1 Å². The number of benzene rings is 1. The smallest absolute Gasteiger partial charge is 0.242 e. The number of fused-ring (bicyclic) bond motifs is 1. The van der Waals surface area contributed by atoms with Crippen LogP contribution < -0.4 is 0 Å². The molecule has 1 saturated heterocycles. The van der Waals surface area contributed by atoms with Crippen molar-refractivity contribution in [3.8, 4) is 0 Å². The minimum absolute atomic E-state index is 0.0852. The molecule has 0 unspecified atom stereocenters. The third-order valence-electron chi connectivity index (χ3n) is 4.58. The second-order valence-electron chi connectivity index (χ2n) is 7.56. The van der Waals surface area contributed by atoms with Crippen LogP contribution in [-0.4, -0.2) is 33.4 Å². The Hall–Kier alpha value is -1.84. The molecule has 1 aromatic heterocycles. The van der Waals surface area contributed by atoms with E-state index in [0.29, 0.717) is 6.54 Å². The Bertz CT molecular complexity index is 688. The molecule has 1 aliphatic heterocycles. The number of amides is 1. The van der Waals surface area contributed by atoms with Crippen LogP contribution in [0.1, 0.15) is 52.3 Å². The van der Waals surface area contributed by atoms with Crippen LogP contribution in [0.15, 0.2) is 24.3 Å². The van der Waals surface area contributed by atoms with Gasteiger partial charge in [0.15, 0.2) is 0 Å². The van der Waals surface area contributed by atoms with E-state index in [0.717, 1.165) is 42.8 Å². The molecule has 1 aliphatic rings. The van der Waals surface area contributed by atoms with Crippen LogP contribution in [0.3, 0.4) is 0 Å². The highest BCUT2D eigenvalue weighted by molar-refractivity contribution is 5.81. The van der Waals surface area contributed by atoms with Crippen LogP contribution >= 0.6 is 0 Å². The first kappa shape index (κ1) is 16.0. The van der Waals surface area contributed by atoms with Gasteiger partial charge in [0, 0.05) is 18.5 Å². The number of carbonyl (C=O) groups excluding carboxylic acids is 1. The van der Waals surface area contributed by atoms with Crippen molar-refractivity contribution in [2.75, 3.05) is 13.1 Å². The van der Waals surface area contributed by atoms with Gasteiger partial charge in [-0.15, -0.1) is 0 Å². The third-order valence-corrected chi connectivity index (χ3v) is 4.58. The zero-order chi connectivity index (χ0) is 16.4. The zero-order valence-electron chi connectivity index (χ0n) is 14.5. The molecule has 1 amide bonds. The van der Waals surface area contributed by atoms with Gasteiger partial charge < -0.3 is 9.47 Å². The predicted octanol–water partition coefficient (Wildman–Crippen LogP) is 3.74. The molecule has 23 heavy (non-hydrogen) atoms. The number of imidazole rings is 1. The Morgan fingerprint density at radius 2 is 1.74 bits per heavy atom. The summed E-state index contributed by atoms with van der Waals surface area (Å²) >= 11 is 0. The molecule has 4 nitrogen and oxygen atoms in total. The quantitative estimate of drug-likeness (QED) is 0.847. The molecule has 124 valence electrons. The summed E-state index contributed by atoms with van der Waals surface area (Å²) in [6.45, 7) is 8.66. The van der Waals surface area contributed by atoms with Crippen molar-refractivity contribution in [2.24, 2.45) is 0 Å². The molecule has 4 heteroatoms. The van der Waals surface area contributed by atoms with Gasteiger partial charge >= 0.3 is 0 Å². The Morgan fingerprint density at radius 3 is 2.39 bits per heavy atom. The average molecular weight is 313 g/mol. The maximum atomic E-state index is 12.8. The van der Waals surface area contributed by atoms with Crippen molar-refractivity contribution < 1.29 is 4.79 Å². The SMILES string of the molecule is CC(C)(C)c1nc2ccccc2n1CC(=O)N1CCCCCC1. The van der Waals surface area contributed by atoms with E-state index in [1.807, 2.05) is 23.1 Å². The van der Waals surface area contributed by atoms with Gasteiger partial charge in [0.2, 0.25) is 5.91 Å². The van der Waals surface area contributed by atoms with Gasteiger partial charge in [0.05, 0.1) is 11.0 Å². The molecule has 0 atom stereocenters. The Kier molecular flexibility index (Phi) is 4.42. The maximum Gasteiger partial charge on any atom is 0.242 e. The van der Waals surface area contributed by atoms with Gasteiger partial charge in [0.1, 0.15) is 12.4 Å². The first-order valence-corrected chi connectivity index (χ1v) is 8.70. The molecular weight excluding hydrogens is 286 g/mol. The van der Waals surface area contributed by atoms with Crippen LogP contribution in [0.4, 0.5) is 0 Å². The lowest BCUT2D eigenvalue weighted by Crippen LogP contribution is -2.35. The van der Waals surface area contributed by atoms with Crippen LogP contribution in [-0.2, 0) is 16.8 Å². The molecule has 0 radical (unpaired) electrons. The lowest BCUT2D eigenvalue weighted by atomic mass is 9.95. The summed E-state index contributed by atoms with van der Waals surface area (Å²) < 4.78 is 2.11. The van der Waals surface area contributed by atoms with Crippen molar-refractivity contribution in [3.63, 3.8) is 0 Å². The van der Waals surface area contributed by atoms with E-state index < -0.39 is 0 Å². The Balaban J connectivity index is 1.93. The molecule has 2 heterocycles. The number of aromatic nitrogens is 2. The molecule has 1 aromatic carbocycles. The van der Waals surface area contributed by atoms with Crippen molar-refractivity contribution in [2.45, 2.75) is 58.4 Å². The van der Waals surface area contributed by atoms with E-state index in [2.05, 4.69) is 31.4 Å². The molecule has 0 aliphatic carbocycles. The normalized spacial score (nSPS) is 16.6. The van der Waals surface area contributed by atoms with Crippen molar-refractivity contribution in [3.05, 3.63) is 30.1 Å². The number of nitrogens with zero attached hydrogens (tertiary/aromatic N) is 3. The molecule has 2 aromatic rings. The van der Waals surface area contributed by atoms with Gasteiger partial charge in [-0.25, -0.2) is 4.98 Å². The summed E-state index contributed by atoms with van der Waals surface area (Å²) in [6.07, 6.45) is 4.74. The zero-order valence-corrected chi connectivity index (χ0v) is 14.5. The minimum atomic E-state index is -0.0852. The number of hydrogen-bond acceptors (Lipinski definition) is 2. The molecular formula is C19H27N3O. The van der Waals surface area contributed by atoms with Gasteiger partial charge in [-0.2, -0.15) is 0 Å². The number of likely N-dealkylation sites (tertiary alicyclic amines) is 1. The summed E-state index contributed by atoms with van der Waals surface area (Å²) in [5.41, 5.74) is 1.94. The van der Waals surface area contributed by atoms with Crippen LogP contribution in [0, 0.1) is 0 Å². The summed E-state index contributed by atoms with van der Waals surface area (Å²) in [4.78, 5) is 19.6. The van der Waals surface area contributed by atoms with E-state index in [9.17, 15) is 4.79 Å². The second-order valence-corrected chi connectivity index (χ2v) is 7.56. The monoisotopic (exact) mass is 313 g/mol. The lowest BCUT2D eigenvalue weighted by molar-refractivity contribution is -0.131. The molecule has 0 saturated carbocycles. The summed E-state index contributed by atoms with van der Waals surface area (Å²) in [6, 6.07) is 8.11. The number of hydrogen-bond donors (Lipinski definition) is 0. The van der Waals surface area contributed by atoms with Crippen molar-refractivity contribution >= 4 is 16.9 Å². The van der Waals surface area contributed by atoms with Crippen LogP contribution in [0.25, 0.3) is 11.0 Å². The minimum Gasteiger partial charge on any atom is -0.341 e. The fourth-order valence-electron chi connectivity index (χ4n) is 3.36. The molecule has 3 rings (SSSR count). The first-order chi connectivity index (χ1) is 11.0. The predicted molar refractivity (Wildman–Crippen MR) is 93.5 cm³/mol. The number of para-hydroxylation sites is 2. The van der Waals surface area contributed by atoms with Crippen LogP contribution in [0.5, 0.6) is 0 Å². The largest absolute Gasteiger partial charge is 0.341 e. The van der Waals surface area contributed by atoms with E-state index >= 15 is 0 Å². The van der Waals surface area contributed by atoms with E-state index in [4.69, 9.17) is 4.98 Å². The second kappa shape index (κ2) is 6.34. The molecule has 0 N–H and O–H groups in total. The highest BCUT2D eigenvalue weighted by atomic mass is 16.2. The highest BCUT2D eigenvalue weighted by Gasteiger charge is 2.25. The molecule has 1 fully saturated rings. The van der Waals surface area contributed by atoms with E-state index in [-0.39, 0.29) is 11.3 Å². The Morgan fingerprint density at radius 1 is 1.09 bits per heavy atom. The first-order valence-electron chi connectivity index (χ1n) is 8.70. The van der Waals surface area contributed by atoms with Gasteiger partial charge in [-0.05, 0) is 25.0 Å². The fraction of sp³-hybridized carbons (Fsp3) is 0.579. The standard InChI is InChI=1S/C19H27N3O/c1-19(2,3)18-20-15-10-6-7-11-16(15)22(18)14-17(23)21-12-8-4-5-9-13-21/h6-7,10-11H,4-5,8-9,12-14H2,1-3H3. The van der Waals surface area contributed by atoms with Crippen molar-refractivity contribution in [1.82, 2.24) is 14.5 Å². The number of rotatable bonds is 2. The summed E-state index contributed by atoms with van der Waals surface area (Å²) in [5, 5.41) is 0. The van der Waals surface area contributed by atoms with Gasteiger partial charge in [0.25, 0.3) is 0 Å². The van der Waals surface area contributed by atoms with E-state index in [1.54, 1.807) is 0 Å². The Labute approximate surface area is 138 Å². The summed E-state index contributed by atoms with van der Waals surface area (Å²) in [5.74, 6) is 1.21. The number of carbonyl (C=O) groups is 1. The van der Waals surface area contributed by atoms with Gasteiger partial charge in [-0.1, -0.05) is 45.7 Å². The molecule has 0 bridgehead atoms. The fourth-order valence-corrected chi connectivity index (χ4v) is 3.36. The lowest BCUT2D eigenvalue weighted by Gasteiger charge is -2.24. The van der Waals surface area contributed by atoms with Gasteiger partial charge in [-0.3, -0.25) is 4.79 Å². The van der Waals surface area contributed by atoms with E-state index in [1.165, 1.54) is 12.8 Å². The summed E-state index contributed by atoms with van der Waals surface area (Å²) in [7, 11) is 0. The third kappa shape index (κ3) is 3.41. The molecule has 0 spiro atoms. The van der Waals surface area contributed by atoms with Crippen LogP contribution in [0.2, 0.25) is 0 Å².